The Kier molecular flexibility index (Phi) is 5.04. The van der Waals surface area contributed by atoms with Gasteiger partial charge in [0.15, 0.2) is 0 Å². The second-order valence-corrected chi connectivity index (χ2v) is 7.73. The van der Waals surface area contributed by atoms with Crippen LogP contribution in [0.3, 0.4) is 0 Å². The van der Waals surface area contributed by atoms with Gasteiger partial charge < -0.3 is 9.84 Å². The van der Waals surface area contributed by atoms with Crippen molar-refractivity contribution in [2.45, 2.75) is 27.2 Å². The molecule has 0 saturated carbocycles. The molecule has 1 N–H and O–H groups in total. The standard InChI is InChI=1S/C22H23NO4/c1-22(2,3)11-12-27-21(26)23-18-10-9-16(15-7-5-4-6-8-15)13-17(18)14-19(23)20(24)25/h4-10,13-14H,11-12H2,1-3H3,(H,24,25). The molecule has 3 rings (SSSR count). The minimum absolute atomic E-state index is 0.0270. The van der Waals surface area contributed by atoms with Crippen LogP contribution in [-0.2, 0) is 4.74 Å². The summed E-state index contributed by atoms with van der Waals surface area (Å²) in [6, 6.07) is 16.8. The Balaban J connectivity index is 1.97. The van der Waals surface area contributed by atoms with E-state index in [1.807, 2.05) is 42.5 Å². The summed E-state index contributed by atoms with van der Waals surface area (Å²) in [6.07, 6.45) is 0.0255. The highest BCUT2D eigenvalue weighted by Gasteiger charge is 2.22. The average molecular weight is 365 g/mol. The van der Waals surface area contributed by atoms with Gasteiger partial charge in [0.2, 0.25) is 0 Å². The zero-order valence-electron chi connectivity index (χ0n) is 15.7. The van der Waals surface area contributed by atoms with Crippen LogP contribution in [0, 0.1) is 5.41 Å². The minimum atomic E-state index is -1.17. The molecule has 0 unspecified atom stereocenters. The van der Waals surface area contributed by atoms with Gasteiger partial charge in [-0.1, -0.05) is 57.2 Å². The lowest BCUT2D eigenvalue weighted by atomic mass is 9.93. The van der Waals surface area contributed by atoms with Crippen molar-refractivity contribution in [3.63, 3.8) is 0 Å². The van der Waals surface area contributed by atoms with Crippen LogP contribution < -0.4 is 0 Å². The van der Waals surface area contributed by atoms with Gasteiger partial charge in [-0.3, -0.25) is 0 Å². The van der Waals surface area contributed by atoms with Crippen LogP contribution in [0.25, 0.3) is 22.0 Å². The van der Waals surface area contributed by atoms with Crippen molar-refractivity contribution in [1.29, 1.82) is 0 Å². The monoisotopic (exact) mass is 365 g/mol. The molecule has 0 amide bonds. The number of carbonyl (C=O) groups is 2. The Bertz CT molecular complexity index is 981. The Hall–Kier alpha value is -3.08. The van der Waals surface area contributed by atoms with Crippen molar-refractivity contribution in [2.24, 2.45) is 5.41 Å². The van der Waals surface area contributed by atoms with E-state index in [-0.39, 0.29) is 17.7 Å². The van der Waals surface area contributed by atoms with Crippen LogP contribution in [-0.4, -0.2) is 28.3 Å². The second-order valence-electron chi connectivity index (χ2n) is 7.73. The first kappa shape index (κ1) is 18.7. The number of nitrogens with zero attached hydrogens (tertiary/aromatic N) is 1. The van der Waals surface area contributed by atoms with Crippen molar-refractivity contribution in [3.05, 3.63) is 60.3 Å². The molecule has 1 aromatic heterocycles. The van der Waals surface area contributed by atoms with Crippen molar-refractivity contribution >= 4 is 23.0 Å². The third-order valence-corrected chi connectivity index (χ3v) is 4.39. The molecule has 140 valence electrons. The number of ether oxygens (including phenoxy) is 1. The number of hydrogen-bond acceptors (Lipinski definition) is 3. The Morgan fingerprint density at radius 1 is 1.00 bits per heavy atom. The molecule has 0 atom stereocenters. The Morgan fingerprint density at radius 2 is 1.70 bits per heavy atom. The van der Waals surface area contributed by atoms with Crippen LogP contribution in [0.5, 0.6) is 0 Å². The van der Waals surface area contributed by atoms with Crippen LogP contribution >= 0.6 is 0 Å². The van der Waals surface area contributed by atoms with Crippen LogP contribution in [0.1, 0.15) is 37.7 Å². The molecule has 0 saturated heterocycles. The third-order valence-electron chi connectivity index (χ3n) is 4.39. The number of aromatic carboxylic acids is 1. The second kappa shape index (κ2) is 7.27. The lowest BCUT2D eigenvalue weighted by Gasteiger charge is -2.17. The van der Waals surface area contributed by atoms with E-state index < -0.39 is 12.1 Å². The number of hydrogen-bond donors (Lipinski definition) is 1. The molecule has 0 aliphatic carbocycles. The van der Waals surface area contributed by atoms with Gasteiger partial charge in [0.05, 0.1) is 12.1 Å². The average Bonchev–Trinajstić information content (AvgIpc) is 3.00. The summed E-state index contributed by atoms with van der Waals surface area (Å²) in [6.45, 7) is 6.40. The Labute approximate surface area is 158 Å². The summed E-state index contributed by atoms with van der Waals surface area (Å²) in [4.78, 5) is 24.2. The SMILES string of the molecule is CC(C)(C)CCOC(=O)n1c(C(=O)O)cc2cc(-c3ccccc3)ccc21. The number of carboxylic acids is 1. The molecule has 0 aliphatic rings. The molecule has 2 aromatic carbocycles. The molecule has 1 heterocycles. The molecule has 3 aromatic rings. The minimum Gasteiger partial charge on any atom is -0.477 e. The van der Waals surface area contributed by atoms with Gasteiger partial charge in [-0.15, -0.1) is 0 Å². The van der Waals surface area contributed by atoms with E-state index >= 15 is 0 Å². The van der Waals surface area contributed by atoms with E-state index in [1.165, 1.54) is 6.07 Å². The number of carbonyl (C=O) groups excluding carboxylic acids is 1. The molecule has 0 bridgehead atoms. The highest BCUT2D eigenvalue weighted by molar-refractivity contribution is 6.01. The first-order valence-corrected chi connectivity index (χ1v) is 8.88. The van der Waals surface area contributed by atoms with E-state index in [0.29, 0.717) is 17.3 Å². The zero-order valence-corrected chi connectivity index (χ0v) is 15.7. The molecular formula is C22H23NO4. The maximum Gasteiger partial charge on any atom is 0.419 e. The topological polar surface area (TPSA) is 68.5 Å². The van der Waals surface area contributed by atoms with Crippen LogP contribution in [0.4, 0.5) is 4.79 Å². The highest BCUT2D eigenvalue weighted by Crippen LogP contribution is 2.27. The summed E-state index contributed by atoms with van der Waals surface area (Å²) in [5.74, 6) is -1.17. The Morgan fingerprint density at radius 3 is 2.33 bits per heavy atom. The maximum absolute atomic E-state index is 12.6. The summed E-state index contributed by atoms with van der Waals surface area (Å²) in [5.41, 5.74) is 2.43. The van der Waals surface area contributed by atoms with Gasteiger partial charge in [-0.05, 0) is 41.2 Å². The number of benzene rings is 2. The first-order valence-electron chi connectivity index (χ1n) is 8.88. The smallest absolute Gasteiger partial charge is 0.419 e. The normalized spacial score (nSPS) is 11.5. The fourth-order valence-electron chi connectivity index (χ4n) is 2.89. The first-order chi connectivity index (χ1) is 12.8. The van der Waals surface area contributed by atoms with Crippen molar-refractivity contribution < 1.29 is 19.4 Å². The highest BCUT2D eigenvalue weighted by atomic mass is 16.5. The fraction of sp³-hybridized carbons (Fsp3) is 0.273. The molecule has 5 heteroatoms. The lowest BCUT2D eigenvalue weighted by molar-refractivity contribution is 0.0680. The van der Waals surface area contributed by atoms with E-state index in [1.54, 1.807) is 6.07 Å². The van der Waals surface area contributed by atoms with E-state index in [2.05, 4.69) is 20.8 Å². The molecule has 0 aliphatic heterocycles. The van der Waals surface area contributed by atoms with Crippen molar-refractivity contribution in [2.75, 3.05) is 6.61 Å². The summed E-state index contributed by atoms with van der Waals surface area (Å²) in [7, 11) is 0. The molecule has 27 heavy (non-hydrogen) atoms. The van der Waals surface area contributed by atoms with Crippen LogP contribution in [0.15, 0.2) is 54.6 Å². The molecule has 0 fully saturated rings. The molecule has 5 nitrogen and oxygen atoms in total. The van der Waals surface area contributed by atoms with Gasteiger partial charge in [-0.25, -0.2) is 14.2 Å². The number of rotatable bonds is 4. The fourth-order valence-corrected chi connectivity index (χ4v) is 2.89. The van der Waals surface area contributed by atoms with Gasteiger partial charge in [-0.2, -0.15) is 0 Å². The van der Waals surface area contributed by atoms with Crippen LogP contribution in [0.2, 0.25) is 0 Å². The predicted molar refractivity (Wildman–Crippen MR) is 105 cm³/mol. The van der Waals surface area contributed by atoms with Gasteiger partial charge in [0.1, 0.15) is 5.69 Å². The summed E-state index contributed by atoms with van der Waals surface area (Å²) in [5, 5.41) is 10.2. The number of aromatic nitrogens is 1. The largest absolute Gasteiger partial charge is 0.477 e. The molecule has 0 radical (unpaired) electrons. The number of fused-ring (bicyclic) bond motifs is 1. The molecular weight excluding hydrogens is 342 g/mol. The van der Waals surface area contributed by atoms with Gasteiger partial charge in [0, 0.05) is 5.39 Å². The lowest BCUT2D eigenvalue weighted by Crippen LogP contribution is -2.20. The van der Waals surface area contributed by atoms with Crippen molar-refractivity contribution in [3.8, 4) is 11.1 Å². The van der Waals surface area contributed by atoms with E-state index in [9.17, 15) is 14.7 Å². The van der Waals surface area contributed by atoms with Crippen molar-refractivity contribution in [1.82, 2.24) is 4.57 Å². The van der Waals surface area contributed by atoms with E-state index in [4.69, 9.17) is 4.74 Å². The quantitative estimate of drug-likeness (QED) is 0.669. The summed E-state index contributed by atoms with van der Waals surface area (Å²) >= 11 is 0. The third kappa shape index (κ3) is 4.19. The summed E-state index contributed by atoms with van der Waals surface area (Å²) < 4.78 is 6.47. The zero-order chi connectivity index (χ0) is 19.6. The van der Waals surface area contributed by atoms with Gasteiger partial charge >= 0.3 is 12.1 Å². The van der Waals surface area contributed by atoms with Gasteiger partial charge in [0.25, 0.3) is 0 Å². The van der Waals surface area contributed by atoms with E-state index in [0.717, 1.165) is 15.7 Å². The number of carboxylic acid groups (broad SMARTS) is 1. The molecule has 0 spiro atoms. The maximum atomic E-state index is 12.6. The predicted octanol–water partition coefficient (Wildman–Crippen LogP) is 5.43.